The Labute approximate surface area is 295 Å². The van der Waals surface area contributed by atoms with Crippen LogP contribution in [0.1, 0.15) is 28.4 Å². The first kappa shape index (κ1) is 30.1. The van der Waals surface area contributed by atoms with Gasteiger partial charge in [0.2, 0.25) is 0 Å². The molecule has 0 radical (unpaired) electrons. The molecular weight excluding hydrogens is 625 g/mol. The van der Waals surface area contributed by atoms with Gasteiger partial charge in [0, 0.05) is 10.8 Å². The number of para-hydroxylation sites is 1. The van der Waals surface area contributed by atoms with E-state index in [1.165, 1.54) is 0 Å². The SMILES string of the molecule is N#Cc1ccc(-c2cc(C3=NC(c4ccc(-c5ccccc5)cc4)=NC(c4ccc(-c5ccccc5)cc4)[N-]3)cc3oc4ccccc4c23)cc1. The predicted octanol–water partition coefficient (Wildman–Crippen LogP) is 11.7. The number of rotatable bonds is 6. The summed E-state index contributed by atoms with van der Waals surface area (Å²) in [6.07, 6.45) is -0.504. The van der Waals surface area contributed by atoms with Crippen LogP contribution in [0.4, 0.5) is 0 Å². The molecule has 1 aliphatic rings. The largest absolute Gasteiger partial charge is 0.456 e. The molecule has 1 unspecified atom stereocenters. The van der Waals surface area contributed by atoms with Gasteiger partial charge in [0.05, 0.1) is 23.6 Å². The van der Waals surface area contributed by atoms with Crippen molar-refractivity contribution in [2.24, 2.45) is 9.98 Å². The summed E-state index contributed by atoms with van der Waals surface area (Å²) in [5.41, 5.74) is 11.4. The molecule has 0 bridgehead atoms. The predicted molar refractivity (Wildman–Crippen MR) is 207 cm³/mol. The highest BCUT2D eigenvalue weighted by Gasteiger charge is 2.18. The number of nitriles is 1. The van der Waals surface area contributed by atoms with Crippen LogP contribution in [-0.4, -0.2) is 11.7 Å². The molecule has 0 saturated heterocycles. The molecule has 0 amide bonds. The summed E-state index contributed by atoms with van der Waals surface area (Å²) in [5, 5.41) is 16.7. The average Bonchev–Trinajstić information content (AvgIpc) is 3.60. The molecule has 9 rings (SSSR count). The minimum atomic E-state index is -0.504. The molecule has 1 atom stereocenters. The van der Waals surface area contributed by atoms with Crippen molar-refractivity contribution in [1.82, 2.24) is 0 Å². The summed E-state index contributed by atoms with van der Waals surface area (Å²) in [5.74, 6) is 1.18. The Morgan fingerprint density at radius 2 is 1.10 bits per heavy atom. The maximum absolute atomic E-state index is 9.47. The maximum atomic E-state index is 9.47. The molecule has 7 aromatic carbocycles. The fraction of sp³-hybridized carbons (Fsp3) is 0.0217. The van der Waals surface area contributed by atoms with Gasteiger partial charge >= 0.3 is 0 Å². The van der Waals surface area contributed by atoms with Gasteiger partial charge in [-0.3, -0.25) is 4.99 Å². The van der Waals surface area contributed by atoms with Gasteiger partial charge in [-0.25, -0.2) is 0 Å². The van der Waals surface area contributed by atoms with Gasteiger partial charge in [0.1, 0.15) is 11.2 Å². The molecule has 5 nitrogen and oxygen atoms in total. The molecule has 1 aliphatic heterocycles. The van der Waals surface area contributed by atoms with Crippen molar-refractivity contribution in [3.63, 3.8) is 0 Å². The molecule has 0 aliphatic carbocycles. The van der Waals surface area contributed by atoms with E-state index in [-0.39, 0.29) is 0 Å². The van der Waals surface area contributed by atoms with E-state index in [1.807, 2.05) is 84.9 Å². The minimum Gasteiger partial charge on any atom is -0.456 e. The Balaban J connectivity index is 1.17. The van der Waals surface area contributed by atoms with Crippen molar-refractivity contribution in [1.29, 1.82) is 5.26 Å². The van der Waals surface area contributed by atoms with Crippen molar-refractivity contribution in [2.45, 2.75) is 6.17 Å². The molecule has 8 aromatic rings. The van der Waals surface area contributed by atoms with Gasteiger partial charge in [-0.1, -0.05) is 145 Å². The third kappa shape index (κ3) is 5.75. The quantitative estimate of drug-likeness (QED) is 0.179. The summed E-state index contributed by atoms with van der Waals surface area (Å²) in [6, 6.07) is 59.6. The molecule has 51 heavy (non-hydrogen) atoms. The van der Waals surface area contributed by atoms with Crippen LogP contribution in [0.15, 0.2) is 184 Å². The van der Waals surface area contributed by atoms with Crippen LogP contribution in [0.2, 0.25) is 0 Å². The number of hydrogen-bond donors (Lipinski definition) is 0. The zero-order valence-corrected chi connectivity index (χ0v) is 27.4. The van der Waals surface area contributed by atoms with Gasteiger partial charge in [-0.15, -0.1) is 0 Å². The van der Waals surface area contributed by atoms with Crippen molar-refractivity contribution in [3.05, 3.63) is 197 Å². The number of hydrogen-bond acceptors (Lipinski definition) is 4. The lowest BCUT2D eigenvalue weighted by molar-refractivity contribution is 0.669. The lowest BCUT2D eigenvalue weighted by Crippen LogP contribution is -2.16. The van der Waals surface area contributed by atoms with Gasteiger partial charge in [-0.05, 0) is 80.4 Å². The smallest absolute Gasteiger partial charge is 0.136 e. The van der Waals surface area contributed by atoms with Crippen LogP contribution in [0.25, 0.3) is 60.6 Å². The second-order valence-electron chi connectivity index (χ2n) is 12.5. The number of amidine groups is 2. The van der Waals surface area contributed by atoms with Crippen LogP contribution in [0.3, 0.4) is 0 Å². The average molecular weight is 654 g/mol. The number of furan rings is 1. The molecule has 1 aromatic heterocycles. The fourth-order valence-corrected chi connectivity index (χ4v) is 6.70. The number of aliphatic imine (C=N–C) groups is 2. The maximum Gasteiger partial charge on any atom is 0.136 e. The minimum absolute atomic E-state index is 0.504. The Bertz CT molecular complexity index is 2630. The number of nitrogens with zero attached hydrogens (tertiary/aromatic N) is 4. The second kappa shape index (κ2) is 12.8. The molecule has 240 valence electrons. The molecule has 0 spiro atoms. The van der Waals surface area contributed by atoms with E-state index in [4.69, 9.17) is 19.7 Å². The molecule has 5 heteroatoms. The first-order valence-corrected chi connectivity index (χ1v) is 16.8. The Hall–Kier alpha value is -7.03. The van der Waals surface area contributed by atoms with Crippen LogP contribution in [0, 0.1) is 11.3 Å². The van der Waals surface area contributed by atoms with Crippen molar-refractivity contribution in [2.75, 3.05) is 0 Å². The zero-order valence-electron chi connectivity index (χ0n) is 27.4. The van der Waals surface area contributed by atoms with E-state index < -0.39 is 6.17 Å². The van der Waals surface area contributed by atoms with Crippen molar-refractivity contribution >= 4 is 33.6 Å². The summed E-state index contributed by atoms with van der Waals surface area (Å²) >= 11 is 0. The first-order valence-electron chi connectivity index (χ1n) is 16.8. The normalized spacial score (nSPS) is 14.1. The molecular formula is C46H29N4O-. The van der Waals surface area contributed by atoms with Crippen LogP contribution in [0.5, 0.6) is 0 Å². The highest BCUT2D eigenvalue weighted by molar-refractivity contribution is 6.22. The van der Waals surface area contributed by atoms with Crippen molar-refractivity contribution < 1.29 is 4.42 Å². The number of benzene rings is 7. The summed E-state index contributed by atoms with van der Waals surface area (Å²) in [6.45, 7) is 0. The van der Waals surface area contributed by atoms with E-state index in [9.17, 15) is 5.26 Å². The topological polar surface area (TPSA) is 75.8 Å². The first-order chi connectivity index (χ1) is 25.2. The van der Waals surface area contributed by atoms with E-state index in [0.29, 0.717) is 17.2 Å². The van der Waals surface area contributed by atoms with Gasteiger partial charge in [0.15, 0.2) is 0 Å². The lowest BCUT2D eigenvalue weighted by Gasteiger charge is -2.32. The summed E-state index contributed by atoms with van der Waals surface area (Å²) in [7, 11) is 0. The van der Waals surface area contributed by atoms with E-state index in [0.717, 1.165) is 72.0 Å². The standard InChI is InChI=1S/C46H29N4O/c47-29-30-15-17-35(18-16-30)40-27-38(28-42-43(40)39-13-7-8-14-41(39)51-42)46-49-44(36-23-19-33(20-24-36)31-9-3-1-4-10-31)48-45(50-46)37-25-21-34(22-26-37)32-11-5-2-6-12-32/h1-28,44H/q-1. The third-order valence-electron chi connectivity index (χ3n) is 9.33. The van der Waals surface area contributed by atoms with Crippen LogP contribution < -0.4 is 0 Å². The van der Waals surface area contributed by atoms with Gasteiger partial charge < -0.3 is 14.7 Å². The molecule has 0 N–H and O–H groups in total. The highest BCUT2D eigenvalue weighted by Crippen LogP contribution is 2.40. The zero-order chi connectivity index (χ0) is 34.1. The molecule has 0 fully saturated rings. The number of fused-ring (bicyclic) bond motifs is 3. The van der Waals surface area contributed by atoms with Crippen LogP contribution in [-0.2, 0) is 0 Å². The van der Waals surface area contributed by atoms with Gasteiger partial charge in [-0.2, -0.15) is 5.26 Å². The fourth-order valence-electron chi connectivity index (χ4n) is 6.70. The van der Waals surface area contributed by atoms with E-state index in [1.54, 1.807) is 0 Å². The molecule has 2 heterocycles. The Morgan fingerprint density at radius 3 is 1.76 bits per heavy atom. The van der Waals surface area contributed by atoms with Crippen molar-refractivity contribution in [3.8, 4) is 39.4 Å². The van der Waals surface area contributed by atoms with Crippen LogP contribution >= 0.6 is 0 Å². The van der Waals surface area contributed by atoms with E-state index in [2.05, 4.69) is 91.0 Å². The lowest BCUT2D eigenvalue weighted by atomic mass is 9.95. The van der Waals surface area contributed by atoms with Gasteiger partial charge in [0.25, 0.3) is 0 Å². The molecule has 0 saturated carbocycles. The second-order valence-corrected chi connectivity index (χ2v) is 12.5. The summed E-state index contributed by atoms with van der Waals surface area (Å²) in [4.78, 5) is 10.2. The Kier molecular flexibility index (Phi) is 7.53. The summed E-state index contributed by atoms with van der Waals surface area (Å²) < 4.78 is 6.45. The monoisotopic (exact) mass is 653 g/mol. The third-order valence-corrected chi connectivity index (χ3v) is 9.33. The highest BCUT2D eigenvalue weighted by atomic mass is 16.3. The Morgan fingerprint density at radius 1 is 0.529 bits per heavy atom. The van der Waals surface area contributed by atoms with E-state index >= 15 is 0 Å².